The summed E-state index contributed by atoms with van der Waals surface area (Å²) in [6, 6.07) is 9.12. The lowest BCUT2D eigenvalue weighted by Crippen LogP contribution is -2.45. The van der Waals surface area contributed by atoms with E-state index in [1.165, 1.54) is 12.1 Å². The molecule has 0 aliphatic heterocycles. The summed E-state index contributed by atoms with van der Waals surface area (Å²) >= 11 is 5.38. The average molecular weight is 365 g/mol. The number of nitrogens with one attached hydrogen (secondary N) is 2. The molecule has 0 bridgehead atoms. The normalized spacial score (nSPS) is 16.4. The van der Waals surface area contributed by atoms with Crippen LogP contribution < -0.4 is 10.6 Å². The molecular weight excluding hydrogens is 347 g/mol. The fourth-order valence-corrected chi connectivity index (χ4v) is 3.59. The topological polar surface area (TPSA) is 37.0 Å². The Balaban J connectivity index is 1.83. The van der Waals surface area contributed by atoms with Crippen LogP contribution in [0.4, 0.5) is 18.9 Å². The van der Waals surface area contributed by atoms with Crippen molar-refractivity contribution in [1.82, 2.24) is 10.3 Å². The molecule has 0 radical (unpaired) electrons. The third kappa shape index (κ3) is 4.10. The number of anilines is 1. The van der Waals surface area contributed by atoms with Gasteiger partial charge in [0.15, 0.2) is 5.11 Å². The molecule has 25 heavy (non-hydrogen) atoms. The maximum atomic E-state index is 13.1. The van der Waals surface area contributed by atoms with Crippen LogP contribution in [-0.2, 0) is 11.7 Å². The summed E-state index contributed by atoms with van der Waals surface area (Å²) in [6.07, 6.45) is 2.30. The molecule has 7 heteroatoms. The van der Waals surface area contributed by atoms with E-state index in [2.05, 4.69) is 15.6 Å². The second kappa shape index (κ2) is 7.00. The molecule has 1 aliphatic rings. The van der Waals surface area contributed by atoms with E-state index in [1.807, 2.05) is 6.07 Å². The number of halogens is 3. The van der Waals surface area contributed by atoms with Crippen LogP contribution in [0.2, 0.25) is 0 Å². The maximum absolute atomic E-state index is 13.1. The molecule has 1 fully saturated rings. The highest BCUT2D eigenvalue weighted by atomic mass is 32.1. The minimum absolute atomic E-state index is 0.382. The van der Waals surface area contributed by atoms with E-state index in [1.54, 1.807) is 24.5 Å². The van der Waals surface area contributed by atoms with Crippen molar-refractivity contribution >= 4 is 23.0 Å². The Bertz CT molecular complexity index is 741. The lowest BCUT2D eigenvalue weighted by Gasteiger charge is -2.33. The predicted octanol–water partition coefficient (Wildman–Crippen LogP) is 4.86. The Labute approximate surface area is 149 Å². The summed E-state index contributed by atoms with van der Waals surface area (Å²) in [4.78, 5) is 4.01. The molecular formula is C18H18F3N3S. The minimum Gasteiger partial charge on any atom is -0.353 e. The van der Waals surface area contributed by atoms with Gasteiger partial charge in [0.1, 0.15) is 0 Å². The van der Waals surface area contributed by atoms with E-state index in [9.17, 15) is 13.2 Å². The molecule has 2 N–H and O–H groups in total. The summed E-state index contributed by atoms with van der Waals surface area (Å²) in [5, 5.41) is 6.69. The lowest BCUT2D eigenvalue weighted by atomic mass is 9.87. The highest BCUT2D eigenvalue weighted by Gasteiger charge is 2.38. The summed E-state index contributed by atoms with van der Waals surface area (Å²) in [7, 11) is 0. The second-order valence-corrected chi connectivity index (χ2v) is 6.60. The van der Waals surface area contributed by atoms with Gasteiger partial charge in [0.05, 0.1) is 23.0 Å². The van der Waals surface area contributed by atoms with E-state index in [4.69, 9.17) is 12.2 Å². The summed E-state index contributed by atoms with van der Waals surface area (Å²) in [5.41, 5.74) is 0.143. The van der Waals surface area contributed by atoms with E-state index in [0.717, 1.165) is 37.4 Å². The van der Waals surface area contributed by atoms with Gasteiger partial charge < -0.3 is 10.6 Å². The molecule has 132 valence electrons. The number of aromatic nitrogens is 1. The van der Waals surface area contributed by atoms with Crippen molar-refractivity contribution in [3.05, 3.63) is 59.9 Å². The van der Waals surface area contributed by atoms with Crippen LogP contribution in [0.1, 0.15) is 36.8 Å². The largest absolute Gasteiger partial charge is 0.416 e. The molecule has 0 amide bonds. The number of pyridine rings is 1. The Kier molecular flexibility index (Phi) is 4.94. The lowest BCUT2D eigenvalue weighted by molar-refractivity contribution is -0.137. The van der Waals surface area contributed by atoms with Crippen LogP contribution in [0.15, 0.2) is 48.8 Å². The average Bonchev–Trinajstić information content (AvgIpc) is 3.04. The number of hydrogen-bond acceptors (Lipinski definition) is 2. The Morgan fingerprint density at radius 1 is 1.12 bits per heavy atom. The fraction of sp³-hybridized carbons (Fsp3) is 0.333. The summed E-state index contributed by atoms with van der Waals surface area (Å²) < 4.78 is 39.2. The van der Waals surface area contributed by atoms with Crippen molar-refractivity contribution in [2.75, 3.05) is 5.32 Å². The second-order valence-electron chi connectivity index (χ2n) is 6.19. The van der Waals surface area contributed by atoms with Crippen molar-refractivity contribution in [3.8, 4) is 0 Å². The molecule has 2 aromatic rings. The first-order chi connectivity index (χ1) is 11.9. The molecule has 0 unspecified atom stereocenters. The number of alkyl halides is 3. The van der Waals surface area contributed by atoms with Crippen LogP contribution >= 0.6 is 12.2 Å². The van der Waals surface area contributed by atoms with E-state index in [0.29, 0.717) is 10.7 Å². The highest BCUT2D eigenvalue weighted by Crippen LogP contribution is 2.40. The monoisotopic (exact) mass is 365 g/mol. The quantitative estimate of drug-likeness (QED) is 0.762. The predicted molar refractivity (Wildman–Crippen MR) is 95.2 cm³/mol. The fourth-order valence-electron chi connectivity index (χ4n) is 3.27. The van der Waals surface area contributed by atoms with Crippen LogP contribution in [-0.4, -0.2) is 10.1 Å². The number of rotatable bonds is 3. The van der Waals surface area contributed by atoms with Crippen molar-refractivity contribution < 1.29 is 13.2 Å². The standard InChI is InChI=1S/C18H18F3N3S/c19-18(20,21)14-6-3-5-13(11-14)17(8-1-2-9-17)24-16(25)23-15-7-4-10-22-12-15/h3-7,10-12H,1-2,8-9H2,(H2,23,24,25). The van der Waals surface area contributed by atoms with E-state index < -0.39 is 17.3 Å². The molecule has 1 saturated carbocycles. The van der Waals surface area contributed by atoms with Gasteiger partial charge in [-0.3, -0.25) is 4.98 Å². The first-order valence-electron chi connectivity index (χ1n) is 8.06. The maximum Gasteiger partial charge on any atom is 0.416 e. The van der Waals surface area contributed by atoms with Crippen LogP contribution in [0.3, 0.4) is 0 Å². The summed E-state index contributed by atoms with van der Waals surface area (Å²) in [5.74, 6) is 0. The van der Waals surface area contributed by atoms with Gasteiger partial charge in [-0.2, -0.15) is 13.2 Å². The van der Waals surface area contributed by atoms with Gasteiger partial charge in [-0.15, -0.1) is 0 Å². The molecule has 0 atom stereocenters. The molecule has 3 rings (SSSR count). The van der Waals surface area contributed by atoms with E-state index in [-0.39, 0.29) is 0 Å². The third-order valence-electron chi connectivity index (χ3n) is 4.47. The summed E-state index contributed by atoms with van der Waals surface area (Å²) in [6.45, 7) is 0. The zero-order valence-electron chi connectivity index (χ0n) is 13.4. The van der Waals surface area contributed by atoms with Crippen molar-refractivity contribution in [3.63, 3.8) is 0 Å². The number of nitrogens with zero attached hydrogens (tertiary/aromatic N) is 1. The molecule has 1 heterocycles. The first-order valence-corrected chi connectivity index (χ1v) is 8.47. The van der Waals surface area contributed by atoms with Gasteiger partial charge in [0.2, 0.25) is 0 Å². The molecule has 1 aliphatic carbocycles. The van der Waals surface area contributed by atoms with Crippen LogP contribution in [0.25, 0.3) is 0 Å². The number of benzene rings is 1. The van der Waals surface area contributed by atoms with Crippen molar-refractivity contribution in [1.29, 1.82) is 0 Å². The smallest absolute Gasteiger partial charge is 0.353 e. The van der Waals surface area contributed by atoms with Crippen LogP contribution in [0.5, 0.6) is 0 Å². The van der Waals surface area contributed by atoms with Gasteiger partial charge in [-0.1, -0.05) is 25.0 Å². The number of hydrogen-bond donors (Lipinski definition) is 2. The first kappa shape index (κ1) is 17.7. The van der Waals surface area contributed by atoms with Crippen molar-refractivity contribution in [2.24, 2.45) is 0 Å². The zero-order chi connectivity index (χ0) is 17.9. The molecule has 0 saturated heterocycles. The Hall–Kier alpha value is -2.15. The van der Waals surface area contributed by atoms with Gasteiger partial charge in [-0.25, -0.2) is 0 Å². The number of thiocarbonyl (C=S) groups is 1. The van der Waals surface area contributed by atoms with Gasteiger partial charge in [0, 0.05) is 6.20 Å². The van der Waals surface area contributed by atoms with Gasteiger partial charge in [-0.05, 0) is 54.9 Å². The van der Waals surface area contributed by atoms with Crippen LogP contribution in [0, 0.1) is 0 Å². The third-order valence-corrected chi connectivity index (χ3v) is 4.68. The molecule has 1 aromatic heterocycles. The van der Waals surface area contributed by atoms with Crippen molar-refractivity contribution in [2.45, 2.75) is 37.4 Å². The SMILES string of the molecule is FC(F)(F)c1cccc(C2(NC(=S)Nc3cccnc3)CCCC2)c1. The highest BCUT2D eigenvalue weighted by molar-refractivity contribution is 7.80. The van der Waals surface area contributed by atoms with E-state index >= 15 is 0 Å². The Morgan fingerprint density at radius 2 is 1.88 bits per heavy atom. The van der Waals surface area contributed by atoms with Gasteiger partial charge in [0.25, 0.3) is 0 Å². The zero-order valence-corrected chi connectivity index (χ0v) is 14.3. The van der Waals surface area contributed by atoms with Gasteiger partial charge >= 0.3 is 6.18 Å². The molecule has 0 spiro atoms. The molecule has 3 nitrogen and oxygen atoms in total. The minimum atomic E-state index is -4.36. The molecule has 1 aromatic carbocycles. The Morgan fingerprint density at radius 3 is 2.52 bits per heavy atom.